The summed E-state index contributed by atoms with van der Waals surface area (Å²) < 4.78 is 0. The van der Waals surface area contributed by atoms with Crippen molar-refractivity contribution in [3.8, 4) is 0 Å². The third kappa shape index (κ3) is 1.43. The highest BCUT2D eigenvalue weighted by Gasteiger charge is 2.21. The second-order valence-corrected chi connectivity index (χ2v) is 4.22. The molecule has 1 aromatic carbocycles. The quantitative estimate of drug-likeness (QED) is 0.639. The average Bonchev–Trinajstić information content (AvgIpc) is 2.09. The standard InChI is InChI=1S/C12H17N/c1-8-5-4-6-11-7-9(2)10(3)13-12(8)11/h4-6,9-10,13H,7H2,1-3H3. The summed E-state index contributed by atoms with van der Waals surface area (Å²) in [6.45, 7) is 6.75. The molecule has 0 spiro atoms. The lowest BCUT2D eigenvalue weighted by atomic mass is 9.88. The van der Waals surface area contributed by atoms with E-state index in [0.29, 0.717) is 6.04 Å². The van der Waals surface area contributed by atoms with E-state index >= 15 is 0 Å². The largest absolute Gasteiger partial charge is 0.382 e. The first-order valence-corrected chi connectivity index (χ1v) is 5.03. The molecular formula is C12H17N. The summed E-state index contributed by atoms with van der Waals surface area (Å²) in [5, 5.41) is 3.58. The fraction of sp³-hybridized carbons (Fsp3) is 0.500. The molecule has 1 heteroatoms. The minimum atomic E-state index is 0.605. The van der Waals surface area contributed by atoms with E-state index in [1.54, 1.807) is 0 Å². The van der Waals surface area contributed by atoms with E-state index in [9.17, 15) is 0 Å². The van der Waals surface area contributed by atoms with Gasteiger partial charge in [0.15, 0.2) is 0 Å². The van der Waals surface area contributed by atoms with E-state index in [2.05, 4.69) is 44.3 Å². The van der Waals surface area contributed by atoms with Crippen molar-refractivity contribution in [2.45, 2.75) is 33.2 Å². The van der Waals surface area contributed by atoms with Gasteiger partial charge in [0.25, 0.3) is 0 Å². The number of rotatable bonds is 0. The van der Waals surface area contributed by atoms with Crippen LogP contribution in [-0.4, -0.2) is 6.04 Å². The third-order valence-electron chi connectivity index (χ3n) is 3.13. The summed E-state index contributed by atoms with van der Waals surface area (Å²) >= 11 is 0. The Hall–Kier alpha value is -0.980. The van der Waals surface area contributed by atoms with Gasteiger partial charge >= 0.3 is 0 Å². The monoisotopic (exact) mass is 175 g/mol. The molecule has 1 heterocycles. The Morgan fingerprint density at radius 3 is 2.85 bits per heavy atom. The molecule has 0 fully saturated rings. The summed E-state index contributed by atoms with van der Waals surface area (Å²) in [5.41, 5.74) is 4.22. The molecule has 70 valence electrons. The molecule has 0 bridgehead atoms. The van der Waals surface area contributed by atoms with Gasteiger partial charge < -0.3 is 5.32 Å². The molecule has 0 saturated heterocycles. The van der Waals surface area contributed by atoms with Gasteiger partial charge in [0.1, 0.15) is 0 Å². The Morgan fingerprint density at radius 1 is 1.31 bits per heavy atom. The summed E-state index contributed by atoms with van der Waals surface area (Å²) in [4.78, 5) is 0. The van der Waals surface area contributed by atoms with Gasteiger partial charge in [-0.1, -0.05) is 25.1 Å². The Labute approximate surface area is 80.2 Å². The van der Waals surface area contributed by atoms with Crippen molar-refractivity contribution in [2.75, 3.05) is 5.32 Å². The predicted molar refractivity (Wildman–Crippen MR) is 57.1 cm³/mol. The maximum absolute atomic E-state index is 3.58. The van der Waals surface area contributed by atoms with Crippen LogP contribution in [0.5, 0.6) is 0 Å². The predicted octanol–water partition coefficient (Wildman–Crippen LogP) is 2.99. The summed E-state index contributed by atoms with van der Waals surface area (Å²) in [6.07, 6.45) is 1.21. The minimum absolute atomic E-state index is 0.605. The van der Waals surface area contributed by atoms with Crippen LogP contribution in [0.4, 0.5) is 5.69 Å². The van der Waals surface area contributed by atoms with Gasteiger partial charge in [-0.15, -0.1) is 0 Å². The van der Waals surface area contributed by atoms with Gasteiger partial charge in [-0.05, 0) is 37.3 Å². The number of hydrogen-bond acceptors (Lipinski definition) is 1. The average molecular weight is 175 g/mol. The van der Waals surface area contributed by atoms with Crippen molar-refractivity contribution in [2.24, 2.45) is 5.92 Å². The van der Waals surface area contributed by atoms with Gasteiger partial charge in [-0.2, -0.15) is 0 Å². The number of anilines is 1. The Balaban J connectivity index is 2.42. The minimum Gasteiger partial charge on any atom is -0.382 e. The molecule has 2 rings (SSSR count). The molecule has 0 saturated carbocycles. The van der Waals surface area contributed by atoms with Crippen LogP contribution in [0.1, 0.15) is 25.0 Å². The molecule has 1 N–H and O–H groups in total. The van der Waals surface area contributed by atoms with Crippen LogP contribution in [0.15, 0.2) is 18.2 Å². The van der Waals surface area contributed by atoms with Crippen molar-refractivity contribution >= 4 is 5.69 Å². The third-order valence-corrected chi connectivity index (χ3v) is 3.13. The molecule has 1 aliphatic rings. The van der Waals surface area contributed by atoms with E-state index in [-0.39, 0.29) is 0 Å². The molecule has 0 amide bonds. The van der Waals surface area contributed by atoms with Crippen LogP contribution in [0.2, 0.25) is 0 Å². The number of fused-ring (bicyclic) bond motifs is 1. The number of nitrogens with one attached hydrogen (secondary N) is 1. The lowest BCUT2D eigenvalue weighted by Crippen LogP contribution is -2.30. The smallest absolute Gasteiger partial charge is 0.0404 e. The lowest BCUT2D eigenvalue weighted by Gasteiger charge is -2.31. The van der Waals surface area contributed by atoms with E-state index in [1.165, 1.54) is 23.2 Å². The van der Waals surface area contributed by atoms with Crippen LogP contribution in [0.3, 0.4) is 0 Å². The van der Waals surface area contributed by atoms with Crippen LogP contribution < -0.4 is 5.32 Å². The Kier molecular flexibility index (Phi) is 2.03. The SMILES string of the molecule is Cc1cccc2c1NC(C)C(C)C2. The highest BCUT2D eigenvalue weighted by molar-refractivity contribution is 5.59. The van der Waals surface area contributed by atoms with Crippen LogP contribution in [0.25, 0.3) is 0 Å². The molecule has 0 aliphatic carbocycles. The Morgan fingerprint density at radius 2 is 2.08 bits per heavy atom. The molecular weight excluding hydrogens is 158 g/mol. The van der Waals surface area contributed by atoms with E-state index in [0.717, 1.165) is 5.92 Å². The maximum Gasteiger partial charge on any atom is 0.0404 e. The maximum atomic E-state index is 3.58. The molecule has 0 aromatic heterocycles. The molecule has 1 nitrogen and oxygen atoms in total. The second-order valence-electron chi connectivity index (χ2n) is 4.22. The van der Waals surface area contributed by atoms with Gasteiger partial charge in [0.2, 0.25) is 0 Å². The second kappa shape index (κ2) is 3.06. The first-order chi connectivity index (χ1) is 6.18. The first kappa shape index (κ1) is 8.61. The Bertz CT molecular complexity index is 317. The van der Waals surface area contributed by atoms with Gasteiger partial charge in [0.05, 0.1) is 0 Å². The van der Waals surface area contributed by atoms with Crippen LogP contribution in [0, 0.1) is 12.8 Å². The number of aryl methyl sites for hydroxylation is 1. The molecule has 2 unspecified atom stereocenters. The fourth-order valence-corrected chi connectivity index (χ4v) is 2.00. The number of para-hydroxylation sites is 1. The first-order valence-electron chi connectivity index (χ1n) is 5.03. The fourth-order valence-electron chi connectivity index (χ4n) is 2.00. The molecule has 1 aromatic rings. The van der Waals surface area contributed by atoms with Crippen molar-refractivity contribution < 1.29 is 0 Å². The summed E-state index contributed by atoms with van der Waals surface area (Å²) in [5.74, 6) is 0.745. The number of hydrogen-bond donors (Lipinski definition) is 1. The van der Waals surface area contributed by atoms with Crippen molar-refractivity contribution in [1.82, 2.24) is 0 Å². The zero-order valence-electron chi connectivity index (χ0n) is 8.59. The molecule has 0 radical (unpaired) electrons. The number of benzene rings is 1. The van der Waals surface area contributed by atoms with Crippen LogP contribution >= 0.6 is 0 Å². The molecule has 13 heavy (non-hydrogen) atoms. The van der Waals surface area contributed by atoms with Crippen molar-refractivity contribution in [3.05, 3.63) is 29.3 Å². The zero-order valence-corrected chi connectivity index (χ0v) is 8.59. The lowest BCUT2D eigenvalue weighted by molar-refractivity contribution is 0.491. The van der Waals surface area contributed by atoms with E-state index < -0.39 is 0 Å². The molecule has 2 atom stereocenters. The molecule has 1 aliphatic heterocycles. The summed E-state index contributed by atoms with van der Waals surface area (Å²) in [7, 11) is 0. The summed E-state index contributed by atoms with van der Waals surface area (Å²) in [6, 6.07) is 7.17. The highest BCUT2D eigenvalue weighted by Crippen LogP contribution is 2.30. The van der Waals surface area contributed by atoms with Crippen molar-refractivity contribution in [3.63, 3.8) is 0 Å². The van der Waals surface area contributed by atoms with E-state index in [4.69, 9.17) is 0 Å². The van der Waals surface area contributed by atoms with E-state index in [1.807, 2.05) is 0 Å². The topological polar surface area (TPSA) is 12.0 Å². The van der Waals surface area contributed by atoms with Crippen LogP contribution in [-0.2, 0) is 6.42 Å². The van der Waals surface area contributed by atoms with Crippen molar-refractivity contribution in [1.29, 1.82) is 0 Å². The van der Waals surface area contributed by atoms with Gasteiger partial charge in [-0.3, -0.25) is 0 Å². The highest BCUT2D eigenvalue weighted by atomic mass is 14.9. The normalized spacial score (nSPS) is 26.4. The van der Waals surface area contributed by atoms with Gasteiger partial charge in [-0.25, -0.2) is 0 Å². The zero-order chi connectivity index (χ0) is 9.42. The van der Waals surface area contributed by atoms with Gasteiger partial charge in [0, 0.05) is 11.7 Å².